The molecule has 1 heterocycles. The molecule has 0 saturated carbocycles. The van der Waals surface area contributed by atoms with Crippen molar-refractivity contribution in [2.75, 3.05) is 19.8 Å². The molecule has 2 atom stereocenters. The van der Waals surface area contributed by atoms with E-state index in [0.717, 1.165) is 32.3 Å². The molecule has 0 radical (unpaired) electrons. The fourth-order valence-electron chi connectivity index (χ4n) is 2.39. The SMILES string of the molecule is CCCCOCC1OC(C)(C)C[C@H]1CCO. The molecule has 1 saturated heterocycles. The number of aliphatic hydroxyl groups excluding tert-OH is 1. The van der Waals surface area contributed by atoms with Crippen LogP contribution in [0.1, 0.15) is 46.5 Å². The Morgan fingerprint density at radius 3 is 2.81 bits per heavy atom. The van der Waals surface area contributed by atoms with Gasteiger partial charge >= 0.3 is 0 Å². The van der Waals surface area contributed by atoms with Crippen LogP contribution in [0.5, 0.6) is 0 Å². The van der Waals surface area contributed by atoms with E-state index in [0.29, 0.717) is 12.5 Å². The van der Waals surface area contributed by atoms with Gasteiger partial charge in [0.1, 0.15) is 0 Å². The van der Waals surface area contributed by atoms with Crippen molar-refractivity contribution in [3.05, 3.63) is 0 Å². The van der Waals surface area contributed by atoms with Gasteiger partial charge in [0, 0.05) is 13.2 Å². The number of rotatable bonds is 7. The summed E-state index contributed by atoms with van der Waals surface area (Å²) in [5.74, 6) is 0.446. The molecule has 1 unspecified atom stereocenters. The first kappa shape index (κ1) is 13.9. The number of hydrogen-bond acceptors (Lipinski definition) is 3. The lowest BCUT2D eigenvalue weighted by atomic mass is 9.92. The lowest BCUT2D eigenvalue weighted by molar-refractivity contribution is -0.0620. The molecule has 0 bridgehead atoms. The summed E-state index contributed by atoms with van der Waals surface area (Å²) in [6.45, 7) is 8.13. The van der Waals surface area contributed by atoms with E-state index < -0.39 is 0 Å². The molecule has 1 aliphatic heterocycles. The number of hydrogen-bond donors (Lipinski definition) is 1. The van der Waals surface area contributed by atoms with Crippen molar-refractivity contribution < 1.29 is 14.6 Å². The molecule has 16 heavy (non-hydrogen) atoms. The van der Waals surface area contributed by atoms with E-state index >= 15 is 0 Å². The molecular weight excluding hydrogens is 204 g/mol. The van der Waals surface area contributed by atoms with Crippen molar-refractivity contribution in [3.8, 4) is 0 Å². The molecule has 1 aliphatic rings. The maximum atomic E-state index is 9.03. The van der Waals surface area contributed by atoms with Gasteiger partial charge in [-0.05, 0) is 39.0 Å². The Labute approximate surface area is 99.1 Å². The summed E-state index contributed by atoms with van der Waals surface area (Å²) in [7, 11) is 0. The monoisotopic (exact) mass is 230 g/mol. The van der Waals surface area contributed by atoms with E-state index in [2.05, 4.69) is 20.8 Å². The number of ether oxygens (including phenoxy) is 2. The van der Waals surface area contributed by atoms with Crippen molar-refractivity contribution >= 4 is 0 Å². The zero-order valence-corrected chi connectivity index (χ0v) is 10.9. The van der Waals surface area contributed by atoms with Gasteiger partial charge in [-0.1, -0.05) is 13.3 Å². The molecule has 96 valence electrons. The van der Waals surface area contributed by atoms with Crippen LogP contribution in [0.4, 0.5) is 0 Å². The minimum Gasteiger partial charge on any atom is -0.396 e. The summed E-state index contributed by atoms with van der Waals surface area (Å²) in [5, 5.41) is 9.03. The molecule has 0 spiro atoms. The van der Waals surface area contributed by atoms with E-state index in [-0.39, 0.29) is 18.3 Å². The summed E-state index contributed by atoms with van der Waals surface area (Å²) in [5.41, 5.74) is -0.0569. The van der Waals surface area contributed by atoms with Gasteiger partial charge in [-0.3, -0.25) is 0 Å². The molecule has 1 rings (SSSR count). The van der Waals surface area contributed by atoms with Gasteiger partial charge in [0.05, 0.1) is 18.3 Å². The predicted octanol–water partition coefficient (Wildman–Crippen LogP) is 2.37. The summed E-state index contributed by atoms with van der Waals surface area (Å²) in [6.07, 6.45) is 4.29. The third kappa shape index (κ3) is 4.40. The molecular formula is C13H26O3. The molecule has 0 aromatic carbocycles. The highest BCUT2D eigenvalue weighted by Crippen LogP contribution is 2.36. The molecule has 0 amide bonds. The van der Waals surface area contributed by atoms with Crippen LogP contribution in [-0.2, 0) is 9.47 Å². The smallest absolute Gasteiger partial charge is 0.0845 e. The molecule has 0 aliphatic carbocycles. The minimum atomic E-state index is -0.0569. The van der Waals surface area contributed by atoms with Crippen molar-refractivity contribution in [2.45, 2.75) is 58.2 Å². The van der Waals surface area contributed by atoms with Crippen LogP contribution in [-0.4, -0.2) is 36.6 Å². The van der Waals surface area contributed by atoms with Gasteiger partial charge in [-0.25, -0.2) is 0 Å². The second-order valence-electron chi connectivity index (χ2n) is 5.32. The van der Waals surface area contributed by atoms with E-state index in [9.17, 15) is 0 Å². The number of unbranched alkanes of at least 4 members (excludes halogenated alkanes) is 1. The summed E-state index contributed by atoms with van der Waals surface area (Å²) in [4.78, 5) is 0. The largest absolute Gasteiger partial charge is 0.396 e. The first-order valence-electron chi connectivity index (χ1n) is 6.45. The van der Waals surface area contributed by atoms with E-state index in [1.54, 1.807) is 0 Å². The normalized spacial score (nSPS) is 28.5. The van der Waals surface area contributed by atoms with E-state index in [4.69, 9.17) is 14.6 Å². The van der Waals surface area contributed by atoms with Crippen molar-refractivity contribution in [1.29, 1.82) is 0 Å². The average Bonchev–Trinajstić information content (AvgIpc) is 2.49. The van der Waals surface area contributed by atoms with Gasteiger partial charge in [0.25, 0.3) is 0 Å². The first-order valence-corrected chi connectivity index (χ1v) is 6.45. The standard InChI is InChI=1S/C13H26O3/c1-4-5-8-15-10-12-11(6-7-14)9-13(2,3)16-12/h11-12,14H,4-10H2,1-3H3/t11-,12?/m1/s1. The molecule has 1 N–H and O–H groups in total. The molecule has 1 fully saturated rings. The van der Waals surface area contributed by atoms with Crippen LogP contribution in [0.25, 0.3) is 0 Å². The minimum absolute atomic E-state index is 0.0569. The van der Waals surface area contributed by atoms with E-state index in [1.165, 1.54) is 0 Å². The highest BCUT2D eigenvalue weighted by Gasteiger charge is 2.39. The van der Waals surface area contributed by atoms with Crippen LogP contribution in [0.15, 0.2) is 0 Å². The zero-order valence-electron chi connectivity index (χ0n) is 10.9. The van der Waals surface area contributed by atoms with Gasteiger partial charge in [0.2, 0.25) is 0 Å². The molecule has 3 heteroatoms. The fraction of sp³-hybridized carbons (Fsp3) is 1.00. The van der Waals surface area contributed by atoms with Crippen molar-refractivity contribution in [2.24, 2.45) is 5.92 Å². The van der Waals surface area contributed by atoms with Gasteiger partial charge < -0.3 is 14.6 Å². The second-order valence-corrected chi connectivity index (χ2v) is 5.32. The predicted molar refractivity (Wildman–Crippen MR) is 64.5 cm³/mol. The van der Waals surface area contributed by atoms with Crippen LogP contribution >= 0.6 is 0 Å². The third-order valence-corrected chi connectivity index (χ3v) is 3.17. The highest BCUT2D eigenvalue weighted by molar-refractivity contribution is 4.87. The van der Waals surface area contributed by atoms with Gasteiger partial charge in [0.15, 0.2) is 0 Å². The topological polar surface area (TPSA) is 38.7 Å². The highest BCUT2D eigenvalue weighted by atomic mass is 16.5. The Balaban J connectivity index is 2.31. The average molecular weight is 230 g/mol. The number of aliphatic hydroxyl groups is 1. The maximum absolute atomic E-state index is 9.03. The molecule has 3 nitrogen and oxygen atoms in total. The van der Waals surface area contributed by atoms with Crippen LogP contribution < -0.4 is 0 Å². The quantitative estimate of drug-likeness (QED) is 0.682. The Kier molecular flexibility index (Phi) is 5.73. The van der Waals surface area contributed by atoms with Gasteiger partial charge in [-0.15, -0.1) is 0 Å². The summed E-state index contributed by atoms with van der Waals surface area (Å²) >= 11 is 0. The van der Waals surface area contributed by atoms with Crippen LogP contribution in [0.3, 0.4) is 0 Å². The Morgan fingerprint density at radius 1 is 1.44 bits per heavy atom. The van der Waals surface area contributed by atoms with Crippen molar-refractivity contribution in [3.63, 3.8) is 0 Å². The summed E-state index contributed by atoms with van der Waals surface area (Å²) in [6, 6.07) is 0. The van der Waals surface area contributed by atoms with Crippen LogP contribution in [0, 0.1) is 5.92 Å². The lowest BCUT2D eigenvalue weighted by Gasteiger charge is -2.19. The maximum Gasteiger partial charge on any atom is 0.0845 e. The molecule has 0 aromatic rings. The van der Waals surface area contributed by atoms with Crippen LogP contribution in [0.2, 0.25) is 0 Å². The second kappa shape index (κ2) is 6.58. The molecule has 0 aromatic heterocycles. The van der Waals surface area contributed by atoms with Gasteiger partial charge in [-0.2, -0.15) is 0 Å². The zero-order chi connectivity index (χ0) is 12.0. The van der Waals surface area contributed by atoms with Crippen molar-refractivity contribution in [1.82, 2.24) is 0 Å². The van der Waals surface area contributed by atoms with E-state index in [1.807, 2.05) is 0 Å². The Morgan fingerprint density at radius 2 is 2.19 bits per heavy atom. The Hall–Kier alpha value is -0.120. The lowest BCUT2D eigenvalue weighted by Crippen LogP contribution is -2.25. The Bertz CT molecular complexity index is 192. The summed E-state index contributed by atoms with van der Waals surface area (Å²) < 4.78 is 11.6. The third-order valence-electron chi connectivity index (χ3n) is 3.17. The first-order chi connectivity index (χ1) is 7.59. The fourth-order valence-corrected chi connectivity index (χ4v) is 2.39.